The van der Waals surface area contributed by atoms with Gasteiger partial charge in [-0.2, -0.15) is 0 Å². The van der Waals surface area contributed by atoms with Crippen molar-refractivity contribution in [3.63, 3.8) is 0 Å². The van der Waals surface area contributed by atoms with E-state index in [9.17, 15) is 19.2 Å². The lowest BCUT2D eigenvalue weighted by molar-refractivity contribution is -0.146. The maximum atomic E-state index is 12.4. The second-order valence-electron chi connectivity index (χ2n) is 7.30. The summed E-state index contributed by atoms with van der Waals surface area (Å²) in [7, 11) is 2.76. The number of aromatic nitrogens is 1. The first-order valence-corrected chi connectivity index (χ1v) is 10.0. The van der Waals surface area contributed by atoms with Crippen LogP contribution in [0.15, 0.2) is 24.3 Å². The first kappa shape index (κ1) is 22.1. The average Bonchev–Trinajstić information content (AvgIpc) is 3.22. The summed E-state index contributed by atoms with van der Waals surface area (Å²) in [6, 6.07) is 6.06. The Morgan fingerprint density at radius 2 is 2.06 bits per heavy atom. The summed E-state index contributed by atoms with van der Waals surface area (Å²) in [4.78, 5) is 51.8. The van der Waals surface area contributed by atoms with Gasteiger partial charge in [-0.25, -0.2) is 4.79 Å². The zero-order chi connectivity index (χ0) is 22.4. The van der Waals surface area contributed by atoms with Crippen LogP contribution in [0.25, 0.3) is 10.9 Å². The predicted molar refractivity (Wildman–Crippen MR) is 111 cm³/mol. The summed E-state index contributed by atoms with van der Waals surface area (Å²) in [5.74, 6) is -1.58. The van der Waals surface area contributed by atoms with Crippen LogP contribution in [0.4, 0.5) is 0 Å². The topological polar surface area (TPSA) is 139 Å². The number of piperidine rings is 1. The highest BCUT2D eigenvalue weighted by molar-refractivity contribution is 6.01. The van der Waals surface area contributed by atoms with Gasteiger partial charge in [0, 0.05) is 23.4 Å². The second-order valence-corrected chi connectivity index (χ2v) is 7.30. The smallest absolute Gasteiger partial charge is 0.328 e. The number of hydrogen-bond donors (Lipinski definition) is 4. The predicted octanol–water partition coefficient (Wildman–Crippen LogP) is 0.480. The Balaban J connectivity index is 1.58. The SMILES string of the molecule is COC(=O)[C@H](C[C@@H]1CCCNC1=O)NC(=O)CNC(=O)c1cc2c(OC)cccc2[nH]1. The molecule has 0 spiro atoms. The van der Waals surface area contributed by atoms with Crippen molar-refractivity contribution in [3.05, 3.63) is 30.0 Å². The Hall–Kier alpha value is -3.56. The number of aromatic amines is 1. The standard InChI is InChI=1S/C21H26N4O6/c1-30-17-7-3-6-14-13(17)10-15(24-14)20(28)23-11-18(26)25-16(21(29)31-2)9-12-5-4-8-22-19(12)27/h3,6-7,10,12,16,24H,4-5,8-9,11H2,1-2H3,(H,22,27)(H,23,28)(H,25,26)/t12-,16-/m0/s1. The largest absolute Gasteiger partial charge is 0.496 e. The van der Waals surface area contributed by atoms with Crippen LogP contribution in [-0.2, 0) is 19.1 Å². The molecule has 0 radical (unpaired) electrons. The Labute approximate surface area is 179 Å². The molecule has 1 aromatic carbocycles. The van der Waals surface area contributed by atoms with Crippen molar-refractivity contribution in [2.45, 2.75) is 25.3 Å². The molecule has 1 fully saturated rings. The minimum Gasteiger partial charge on any atom is -0.496 e. The molecule has 1 aliphatic heterocycles. The summed E-state index contributed by atoms with van der Waals surface area (Å²) in [6.45, 7) is 0.270. The van der Waals surface area contributed by atoms with Crippen LogP contribution >= 0.6 is 0 Å². The number of carbonyl (C=O) groups is 4. The number of H-pyrrole nitrogens is 1. The van der Waals surface area contributed by atoms with Crippen molar-refractivity contribution >= 4 is 34.6 Å². The van der Waals surface area contributed by atoms with E-state index in [2.05, 4.69) is 20.9 Å². The fraction of sp³-hybridized carbons (Fsp3) is 0.429. The van der Waals surface area contributed by atoms with E-state index in [0.717, 1.165) is 17.3 Å². The third-order valence-electron chi connectivity index (χ3n) is 5.24. The number of esters is 1. The van der Waals surface area contributed by atoms with Gasteiger partial charge in [-0.05, 0) is 37.5 Å². The van der Waals surface area contributed by atoms with Gasteiger partial charge in [-0.1, -0.05) is 6.07 Å². The highest BCUT2D eigenvalue weighted by Crippen LogP contribution is 2.25. The van der Waals surface area contributed by atoms with E-state index >= 15 is 0 Å². The maximum absolute atomic E-state index is 12.4. The van der Waals surface area contributed by atoms with Gasteiger partial charge < -0.3 is 30.4 Å². The molecule has 31 heavy (non-hydrogen) atoms. The lowest BCUT2D eigenvalue weighted by atomic mass is 9.91. The van der Waals surface area contributed by atoms with E-state index < -0.39 is 23.8 Å². The summed E-state index contributed by atoms with van der Waals surface area (Å²) in [5.41, 5.74) is 1.00. The number of amides is 3. The van der Waals surface area contributed by atoms with E-state index in [-0.39, 0.29) is 30.5 Å². The van der Waals surface area contributed by atoms with Crippen LogP contribution in [0.3, 0.4) is 0 Å². The number of hydrogen-bond acceptors (Lipinski definition) is 6. The first-order chi connectivity index (χ1) is 14.9. The van der Waals surface area contributed by atoms with E-state index in [4.69, 9.17) is 9.47 Å². The average molecular weight is 430 g/mol. The summed E-state index contributed by atoms with van der Waals surface area (Å²) >= 11 is 0. The van der Waals surface area contributed by atoms with Crippen molar-refractivity contribution in [1.29, 1.82) is 0 Å². The summed E-state index contributed by atoms with van der Waals surface area (Å²) < 4.78 is 10.0. The van der Waals surface area contributed by atoms with Gasteiger partial charge in [0.05, 0.1) is 20.8 Å². The van der Waals surface area contributed by atoms with E-state index in [1.54, 1.807) is 25.3 Å². The molecule has 166 valence electrons. The Morgan fingerprint density at radius 3 is 2.77 bits per heavy atom. The van der Waals surface area contributed by atoms with Crippen LogP contribution in [0.2, 0.25) is 0 Å². The Kier molecular flexibility index (Phi) is 7.11. The second kappa shape index (κ2) is 9.96. The van der Waals surface area contributed by atoms with E-state index in [1.165, 1.54) is 7.11 Å². The lowest BCUT2D eigenvalue weighted by Gasteiger charge is -2.25. The molecule has 2 heterocycles. The number of fused-ring (bicyclic) bond motifs is 1. The van der Waals surface area contributed by atoms with Crippen molar-refractivity contribution in [2.75, 3.05) is 27.3 Å². The normalized spacial score (nSPS) is 16.8. The molecule has 2 atom stereocenters. The molecular formula is C21H26N4O6. The Bertz CT molecular complexity index is 985. The summed E-state index contributed by atoms with van der Waals surface area (Å²) in [5, 5.41) is 8.56. The quantitative estimate of drug-likeness (QED) is 0.450. The van der Waals surface area contributed by atoms with Crippen molar-refractivity contribution in [3.8, 4) is 5.75 Å². The lowest BCUT2D eigenvalue weighted by Crippen LogP contribution is -2.48. The molecule has 0 saturated carbocycles. The number of nitrogens with one attached hydrogen (secondary N) is 4. The minimum absolute atomic E-state index is 0.139. The molecule has 10 nitrogen and oxygen atoms in total. The molecule has 4 N–H and O–H groups in total. The van der Waals surface area contributed by atoms with Crippen LogP contribution in [0, 0.1) is 5.92 Å². The molecule has 1 aromatic heterocycles. The zero-order valence-electron chi connectivity index (χ0n) is 17.4. The molecule has 10 heteroatoms. The monoisotopic (exact) mass is 430 g/mol. The van der Waals surface area contributed by atoms with Gasteiger partial charge in [0.15, 0.2) is 0 Å². The molecule has 3 amide bonds. The van der Waals surface area contributed by atoms with Gasteiger partial charge in [0.2, 0.25) is 11.8 Å². The van der Waals surface area contributed by atoms with Crippen LogP contribution in [0.5, 0.6) is 5.75 Å². The van der Waals surface area contributed by atoms with Gasteiger partial charge in [-0.3, -0.25) is 14.4 Å². The van der Waals surface area contributed by atoms with Crippen molar-refractivity contribution < 1.29 is 28.7 Å². The number of rotatable bonds is 8. The molecule has 2 aromatic rings. The molecular weight excluding hydrogens is 404 g/mol. The Morgan fingerprint density at radius 1 is 1.26 bits per heavy atom. The highest BCUT2D eigenvalue weighted by Gasteiger charge is 2.30. The van der Waals surface area contributed by atoms with Gasteiger partial charge in [0.1, 0.15) is 17.5 Å². The van der Waals surface area contributed by atoms with Crippen LogP contribution < -0.4 is 20.7 Å². The zero-order valence-corrected chi connectivity index (χ0v) is 17.4. The molecule has 0 aliphatic carbocycles. The molecule has 3 rings (SSSR count). The van der Waals surface area contributed by atoms with E-state index in [0.29, 0.717) is 18.7 Å². The minimum atomic E-state index is -0.972. The summed E-state index contributed by atoms with van der Waals surface area (Å²) in [6.07, 6.45) is 1.58. The van der Waals surface area contributed by atoms with Crippen molar-refractivity contribution in [2.24, 2.45) is 5.92 Å². The van der Waals surface area contributed by atoms with Crippen LogP contribution in [-0.4, -0.2) is 62.0 Å². The third-order valence-corrected chi connectivity index (χ3v) is 5.24. The highest BCUT2D eigenvalue weighted by atomic mass is 16.5. The third kappa shape index (κ3) is 5.33. The number of carbonyl (C=O) groups excluding carboxylic acids is 4. The maximum Gasteiger partial charge on any atom is 0.328 e. The first-order valence-electron chi connectivity index (χ1n) is 10.0. The fourth-order valence-electron chi connectivity index (χ4n) is 3.63. The van der Waals surface area contributed by atoms with Crippen LogP contribution in [0.1, 0.15) is 29.8 Å². The molecule has 1 aliphatic rings. The van der Waals surface area contributed by atoms with Gasteiger partial charge >= 0.3 is 5.97 Å². The van der Waals surface area contributed by atoms with Crippen molar-refractivity contribution in [1.82, 2.24) is 20.9 Å². The number of methoxy groups -OCH3 is 2. The van der Waals surface area contributed by atoms with Gasteiger partial charge in [-0.15, -0.1) is 0 Å². The fourth-order valence-corrected chi connectivity index (χ4v) is 3.63. The molecule has 0 unspecified atom stereocenters. The number of ether oxygens (including phenoxy) is 2. The molecule has 1 saturated heterocycles. The van der Waals surface area contributed by atoms with E-state index in [1.807, 2.05) is 6.07 Å². The number of benzene rings is 1. The molecule has 0 bridgehead atoms. The van der Waals surface area contributed by atoms with Gasteiger partial charge in [0.25, 0.3) is 5.91 Å².